The number of urea groups is 1. The fraction of sp³-hybridized carbons (Fsp3) is 0.333. The molecule has 1 atom stereocenters. The standard InChI is InChI=1S/C15H16ClN3O5/c1-3-23-14(21)11-8(2)18-15(22)19-10(11)7-24-13(20)9-5-4-6-17-12(9)16/h4-6,8H,3,7H2,1-2H3,(H2,18,19,22)/t8-/m0/s1. The van der Waals surface area contributed by atoms with Gasteiger partial charge in [-0.1, -0.05) is 11.6 Å². The summed E-state index contributed by atoms with van der Waals surface area (Å²) in [6, 6.07) is 1.93. The minimum atomic E-state index is -0.718. The predicted molar refractivity (Wildman–Crippen MR) is 84.3 cm³/mol. The number of nitrogens with zero attached hydrogens (tertiary/aromatic N) is 1. The van der Waals surface area contributed by atoms with Crippen molar-refractivity contribution in [2.75, 3.05) is 13.2 Å². The van der Waals surface area contributed by atoms with Crippen LogP contribution in [0.1, 0.15) is 24.2 Å². The lowest BCUT2D eigenvalue weighted by Gasteiger charge is -2.26. The Hall–Kier alpha value is -2.61. The van der Waals surface area contributed by atoms with Crippen LogP contribution in [0.5, 0.6) is 0 Å². The molecule has 0 fully saturated rings. The third kappa shape index (κ3) is 4.02. The van der Waals surface area contributed by atoms with Crippen LogP contribution in [0.4, 0.5) is 4.79 Å². The van der Waals surface area contributed by atoms with Crippen molar-refractivity contribution in [2.45, 2.75) is 19.9 Å². The van der Waals surface area contributed by atoms with Crippen LogP contribution >= 0.6 is 11.6 Å². The summed E-state index contributed by atoms with van der Waals surface area (Å²) in [7, 11) is 0. The zero-order valence-corrected chi connectivity index (χ0v) is 13.8. The van der Waals surface area contributed by atoms with Crippen molar-refractivity contribution < 1.29 is 23.9 Å². The summed E-state index contributed by atoms with van der Waals surface area (Å²) >= 11 is 5.83. The van der Waals surface area contributed by atoms with E-state index in [1.165, 1.54) is 12.3 Å². The minimum absolute atomic E-state index is 0.00445. The van der Waals surface area contributed by atoms with Crippen molar-refractivity contribution in [1.29, 1.82) is 0 Å². The smallest absolute Gasteiger partial charge is 0.341 e. The molecule has 0 spiro atoms. The van der Waals surface area contributed by atoms with Crippen LogP contribution in [-0.4, -0.2) is 42.2 Å². The topological polar surface area (TPSA) is 107 Å². The second-order valence-electron chi connectivity index (χ2n) is 4.85. The van der Waals surface area contributed by atoms with Crippen molar-refractivity contribution >= 4 is 29.6 Å². The molecule has 0 radical (unpaired) electrons. The van der Waals surface area contributed by atoms with E-state index < -0.39 is 24.0 Å². The van der Waals surface area contributed by atoms with Gasteiger partial charge in [0.1, 0.15) is 11.8 Å². The molecule has 0 saturated carbocycles. The van der Waals surface area contributed by atoms with Gasteiger partial charge in [-0.05, 0) is 26.0 Å². The van der Waals surface area contributed by atoms with E-state index in [1.807, 2.05) is 0 Å². The number of halogens is 1. The Morgan fingerprint density at radius 2 is 2.08 bits per heavy atom. The Kier molecular flexibility index (Phi) is 5.75. The van der Waals surface area contributed by atoms with Gasteiger partial charge in [0.15, 0.2) is 0 Å². The first-order valence-electron chi connectivity index (χ1n) is 7.19. The first kappa shape index (κ1) is 17.7. The van der Waals surface area contributed by atoms with Crippen LogP contribution in [0.25, 0.3) is 0 Å². The third-order valence-electron chi connectivity index (χ3n) is 3.19. The van der Waals surface area contributed by atoms with Gasteiger partial charge in [-0.2, -0.15) is 0 Å². The quantitative estimate of drug-likeness (QED) is 0.612. The summed E-state index contributed by atoms with van der Waals surface area (Å²) in [5.74, 6) is -1.31. The van der Waals surface area contributed by atoms with Crippen LogP contribution in [0.2, 0.25) is 5.15 Å². The largest absolute Gasteiger partial charge is 0.463 e. The van der Waals surface area contributed by atoms with Gasteiger partial charge >= 0.3 is 18.0 Å². The normalized spacial score (nSPS) is 17.0. The zero-order chi connectivity index (χ0) is 17.7. The number of ether oxygens (including phenoxy) is 2. The lowest BCUT2D eigenvalue weighted by atomic mass is 10.0. The van der Waals surface area contributed by atoms with Crippen LogP contribution in [0.15, 0.2) is 29.6 Å². The Morgan fingerprint density at radius 3 is 2.75 bits per heavy atom. The first-order valence-corrected chi connectivity index (χ1v) is 7.57. The highest BCUT2D eigenvalue weighted by Crippen LogP contribution is 2.17. The molecule has 1 aliphatic heterocycles. The molecule has 1 aromatic rings. The molecular formula is C15H16ClN3O5. The number of carbonyl (C=O) groups excluding carboxylic acids is 3. The summed E-state index contributed by atoms with van der Waals surface area (Å²) in [5.41, 5.74) is 0.449. The van der Waals surface area contributed by atoms with Gasteiger partial charge in [0, 0.05) is 6.20 Å². The van der Waals surface area contributed by atoms with Gasteiger partial charge in [0.05, 0.1) is 29.5 Å². The fourth-order valence-corrected chi connectivity index (χ4v) is 2.34. The molecule has 24 heavy (non-hydrogen) atoms. The van der Waals surface area contributed by atoms with E-state index in [2.05, 4.69) is 15.6 Å². The number of rotatable bonds is 5. The van der Waals surface area contributed by atoms with E-state index in [-0.39, 0.29) is 35.2 Å². The van der Waals surface area contributed by atoms with Gasteiger partial charge in [0.25, 0.3) is 0 Å². The lowest BCUT2D eigenvalue weighted by molar-refractivity contribution is -0.139. The highest BCUT2D eigenvalue weighted by atomic mass is 35.5. The Balaban J connectivity index is 2.19. The maximum atomic E-state index is 12.1. The highest BCUT2D eigenvalue weighted by molar-refractivity contribution is 6.32. The van der Waals surface area contributed by atoms with Crippen molar-refractivity contribution in [3.8, 4) is 0 Å². The SMILES string of the molecule is CCOC(=O)C1=C(COC(=O)c2cccnc2Cl)NC(=O)N[C@H]1C. The fourth-order valence-electron chi connectivity index (χ4n) is 2.15. The molecule has 0 saturated heterocycles. The molecule has 0 aromatic carbocycles. The number of nitrogens with one attached hydrogen (secondary N) is 2. The molecule has 1 aromatic heterocycles. The summed E-state index contributed by atoms with van der Waals surface area (Å²) in [4.78, 5) is 39.5. The molecule has 0 bridgehead atoms. The lowest BCUT2D eigenvalue weighted by Crippen LogP contribution is -2.50. The number of hydrogen-bond donors (Lipinski definition) is 2. The summed E-state index contributed by atoms with van der Waals surface area (Å²) in [6.45, 7) is 3.17. The maximum Gasteiger partial charge on any atom is 0.341 e. The Morgan fingerprint density at radius 1 is 1.33 bits per heavy atom. The van der Waals surface area contributed by atoms with Gasteiger partial charge in [0.2, 0.25) is 0 Å². The average Bonchev–Trinajstić information content (AvgIpc) is 2.52. The minimum Gasteiger partial charge on any atom is -0.463 e. The molecule has 9 heteroatoms. The summed E-state index contributed by atoms with van der Waals surface area (Å²) in [5, 5.41) is 5.01. The van der Waals surface area contributed by atoms with Crippen molar-refractivity contribution in [1.82, 2.24) is 15.6 Å². The van der Waals surface area contributed by atoms with Gasteiger partial charge in [-0.25, -0.2) is 19.4 Å². The molecule has 0 aliphatic carbocycles. The van der Waals surface area contributed by atoms with E-state index in [4.69, 9.17) is 21.1 Å². The molecule has 2 rings (SSSR count). The number of amides is 2. The zero-order valence-electron chi connectivity index (χ0n) is 13.1. The van der Waals surface area contributed by atoms with Gasteiger partial charge in [-0.15, -0.1) is 0 Å². The maximum absolute atomic E-state index is 12.1. The Bertz CT molecular complexity index is 704. The summed E-state index contributed by atoms with van der Waals surface area (Å²) < 4.78 is 10.1. The predicted octanol–water partition coefficient (Wildman–Crippen LogP) is 1.41. The molecule has 0 unspecified atom stereocenters. The van der Waals surface area contributed by atoms with Gasteiger partial charge in [-0.3, -0.25) is 0 Å². The average molecular weight is 354 g/mol. The number of pyridine rings is 1. The van der Waals surface area contributed by atoms with E-state index in [0.717, 1.165) is 0 Å². The molecule has 2 amide bonds. The number of hydrogen-bond acceptors (Lipinski definition) is 6. The van der Waals surface area contributed by atoms with E-state index in [0.29, 0.717) is 0 Å². The van der Waals surface area contributed by atoms with Crippen LogP contribution < -0.4 is 10.6 Å². The van der Waals surface area contributed by atoms with Gasteiger partial charge < -0.3 is 20.1 Å². The molecule has 1 aliphatic rings. The molecule has 2 heterocycles. The van der Waals surface area contributed by atoms with E-state index in [1.54, 1.807) is 19.9 Å². The number of esters is 2. The second kappa shape index (κ2) is 7.78. The van der Waals surface area contributed by atoms with Crippen molar-refractivity contribution in [3.63, 3.8) is 0 Å². The van der Waals surface area contributed by atoms with Crippen LogP contribution in [0.3, 0.4) is 0 Å². The Labute approximate surface area is 143 Å². The molecule has 2 N–H and O–H groups in total. The molecule has 8 nitrogen and oxygen atoms in total. The molecule has 128 valence electrons. The summed E-state index contributed by atoms with van der Waals surface area (Å²) in [6.07, 6.45) is 1.44. The second-order valence-corrected chi connectivity index (χ2v) is 5.21. The first-order chi connectivity index (χ1) is 11.4. The van der Waals surface area contributed by atoms with Crippen molar-refractivity contribution in [2.24, 2.45) is 0 Å². The van der Waals surface area contributed by atoms with Crippen LogP contribution in [-0.2, 0) is 14.3 Å². The van der Waals surface area contributed by atoms with Crippen LogP contribution in [0, 0.1) is 0 Å². The number of aromatic nitrogens is 1. The molecular weight excluding hydrogens is 338 g/mol. The number of carbonyl (C=O) groups is 3. The third-order valence-corrected chi connectivity index (χ3v) is 3.49. The van der Waals surface area contributed by atoms with E-state index in [9.17, 15) is 14.4 Å². The van der Waals surface area contributed by atoms with E-state index >= 15 is 0 Å². The van der Waals surface area contributed by atoms with Crippen molar-refractivity contribution in [3.05, 3.63) is 40.3 Å². The highest BCUT2D eigenvalue weighted by Gasteiger charge is 2.30. The monoisotopic (exact) mass is 353 g/mol.